The van der Waals surface area contributed by atoms with Crippen LogP contribution in [0.4, 0.5) is 10.7 Å². The molecule has 1 aromatic heterocycles. The van der Waals surface area contributed by atoms with E-state index in [1.807, 2.05) is 30.3 Å². The van der Waals surface area contributed by atoms with E-state index in [0.717, 1.165) is 17.2 Å². The van der Waals surface area contributed by atoms with Gasteiger partial charge in [-0.3, -0.25) is 0 Å². The van der Waals surface area contributed by atoms with Crippen molar-refractivity contribution in [1.29, 1.82) is 5.26 Å². The lowest BCUT2D eigenvalue weighted by atomic mass is 10.0. The van der Waals surface area contributed by atoms with Gasteiger partial charge in [-0.15, -0.1) is 0 Å². The molecule has 2 rings (SSSR count). The van der Waals surface area contributed by atoms with E-state index in [-0.39, 0.29) is 11.4 Å². The first-order valence-electron chi connectivity index (χ1n) is 5.57. The van der Waals surface area contributed by atoms with Crippen LogP contribution in [-0.2, 0) is 0 Å². The topological polar surface area (TPSA) is 68.9 Å². The lowest BCUT2D eigenvalue weighted by molar-refractivity contribution is 0.458. The van der Waals surface area contributed by atoms with Crippen LogP contribution in [0.15, 0.2) is 24.3 Å². The molecule has 0 fully saturated rings. The summed E-state index contributed by atoms with van der Waals surface area (Å²) in [5.74, 6) is 0.268. The monoisotopic (exact) mass is 259 g/mol. The first kappa shape index (κ1) is 12.4. The molecule has 0 saturated heterocycles. The molecule has 92 valence electrons. The van der Waals surface area contributed by atoms with Gasteiger partial charge in [0.05, 0.1) is 0 Å². The van der Waals surface area contributed by atoms with Crippen LogP contribution in [0, 0.1) is 11.3 Å². The van der Waals surface area contributed by atoms with Gasteiger partial charge in [0.2, 0.25) is 5.88 Å². The van der Waals surface area contributed by atoms with Gasteiger partial charge in [0, 0.05) is 5.69 Å². The van der Waals surface area contributed by atoms with Crippen LogP contribution in [0.1, 0.15) is 30.9 Å². The SMILES string of the molecule is CC(C)c1ccc(Nc2snc(O)c2C#N)cc1. The lowest BCUT2D eigenvalue weighted by Crippen LogP contribution is -1.91. The normalized spacial score (nSPS) is 10.3. The maximum absolute atomic E-state index is 9.36. The quantitative estimate of drug-likeness (QED) is 0.883. The maximum Gasteiger partial charge on any atom is 0.243 e. The number of benzene rings is 1. The Kier molecular flexibility index (Phi) is 3.49. The number of hydrogen-bond donors (Lipinski definition) is 2. The number of hydrogen-bond acceptors (Lipinski definition) is 5. The highest BCUT2D eigenvalue weighted by molar-refractivity contribution is 7.10. The molecular weight excluding hydrogens is 246 g/mol. The Labute approximate surface area is 110 Å². The highest BCUT2D eigenvalue weighted by Crippen LogP contribution is 2.31. The number of rotatable bonds is 3. The number of anilines is 2. The number of nitrogens with one attached hydrogen (secondary N) is 1. The summed E-state index contributed by atoms with van der Waals surface area (Å²) in [4.78, 5) is 0. The van der Waals surface area contributed by atoms with Gasteiger partial charge in [-0.25, -0.2) is 0 Å². The molecule has 0 aliphatic heterocycles. The molecule has 0 atom stereocenters. The molecule has 0 amide bonds. The average Bonchev–Trinajstić information content (AvgIpc) is 2.70. The molecule has 0 unspecified atom stereocenters. The molecule has 2 aromatic rings. The van der Waals surface area contributed by atoms with E-state index in [4.69, 9.17) is 5.26 Å². The van der Waals surface area contributed by atoms with Crippen molar-refractivity contribution < 1.29 is 5.11 Å². The molecular formula is C13H13N3OS. The zero-order chi connectivity index (χ0) is 13.1. The van der Waals surface area contributed by atoms with Crippen molar-refractivity contribution in [2.45, 2.75) is 19.8 Å². The Balaban J connectivity index is 2.21. The Morgan fingerprint density at radius 3 is 2.56 bits per heavy atom. The Bertz CT molecular complexity index is 581. The van der Waals surface area contributed by atoms with Crippen molar-refractivity contribution in [2.24, 2.45) is 0 Å². The molecule has 0 bridgehead atoms. The third-order valence-electron chi connectivity index (χ3n) is 2.62. The van der Waals surface area contributed by atoms with E-state index in [1.165, 1.54) is 5.56 Å². The van der Waals surface area contributed by atoms with Crippen molar-refractivity contribution in [2.75, 3.05) is 5.32 Å². The lowest BCUT2D eigenvalue weighted by Gasteiger charge is -2.07. The van der Waals surface area contributed by atoms with E-state index >= 15 is 0 Å². The minimum absolute atomic E-state index is 0.188. The number of nitriles is 1. The summed E-state index contributed by atoms with van der Waals surface area (Å²) in [6, 6.07) is 9.92. The summed E-state index contributed by atoms with van der Waals surface area (Å²) in [5.41, 5.74) is 2.32. The summed E-state index contributed by atoms with van der Waals surface area (Å²) in [5, 5.41) is 21.9. The Morgan fingerprint density at radius 1 is 1.33 bits per heavy atom. The highest BCUT2D eigenvalue weighted by Gasteiger charge is 2.12. The summed E-state index contributed by atoms with van der Waals surface area (Å²) >= 11 is 1.07. The van der Waals surface area contributed by atoms with Crippen molar-refractivity contribution in [3.63, 3.8) is 0 Å². The predicted molar refractivity (Wildman–Crippen MR) is 72.3 cm³/mol. The number of nitrogens with zero attached hydrogens (tertiary/aromatic N) is 2. The van der Waals surface area contributed by atoms with E-state index in [0.29, 0.717) is 10.9 Å². The van der Waals surface area contributed by atoms with Crippen molar-refractivity contribution in [1.82, 2.24) is 4.37 Å². The fourth-order valence-corrected chi connectivity index (χ4v) is 2.21. The zero-order valence-corrected chi connectivity index (χ0v) is 11.0. The fourth-order valence-electron chi connectivity index (χ4n) is 1.55. The zero-order valence-electron chi connectivity index (χ0n) is 10.1. The van der Waals surface area contributed by atoms with Crippen LogP contribution >= 0.6 is 11.5 Å². The van der Waals surface area contributed by atoms with Gasteiger partial charge in [0.15, 0.2) is 5.56 Å². The molecule has 0 aliphatic rings. The summed E-state index contributed by atoms with van der Waals surface area (Å²) < 4.78 is 3.74. The van der Waals surface area contributed by atoms with Gasteiger partial charge in [0.1, 0.15) is 11.1 Å². The maximum atomic E-state index is 9.36. The van der Waals surface area contributed by atoms with Crippen LogP contribution in [0.25, 0.3) is 0 Å². The van der Waals surface area contributed by atoms with E-state index < -0.39 is 0 Å². The van der Waals surface area contributed by atoms with Crippen LogP contribution in [0.3, 0.4) is 0 Å². The first-order valence-corrected chi connectivity index (χ1v) is 6.35. The summed E-state index contributed by atoms with van der Waals surface area (Å²) in [7, 11) is 0. The summed E-state index contributed by atoms with van der Waals surface area (Å²) in [6.07, 6.45) is 0. The molecule has 1 aromatic carbocycles. The molecule has 0 aliphatic carbocycles. The van der Waals surface area contributed by atoms with Gasteiger partial charge in [-0.2, -0.15) is 9.64 Å². The summed E-state index contributed by atoms with van der Waals surface area (Å²) in [6.45, 7) is 4.27. The van der Waals surface area contributed by atoms with Crippen LogP contribution < -0.4 is 5.32 Å². The largest absolute Gasteiger partial charge is 0.492 e. The third kappa shape index (κ3) is 2.44. The fraction of sp³-hybridized carbons (Fsp3) is 0.231. The third-order valence-corrected chi connectivity index (χ3v) is 3.37. The second kappa shape index (κ2) is 5.07. The minimum atomic E-state index is -0.219. The highest BCUT2D eigenvalue weighted by atomic mass is 32.1. The van der Waals surface area contributed by atoms with Gasteiger partial charge >= 0.3 is 0 Å². The van der Waals surface area contributed by atoms with E-state index in [9.17, 15) is 5.11 Å². The van der Waals surface area contributed by atoms with Crippen molar-refractivity contribution in [3.8, 4) is 11.9 Å². The first-order chi connectivity index (χ1) is 8.61. The smallest absolute Gasteiger partial charge is 0.243 e. The van der Waals surface area contributed by atoms with Gasteiger partial charge < -0.3 is 10.4 Å². The molecule has 18 heavy (non-hydrogen) atoms. The van der Waals surface area contributed by atoms with Gasteiger partial charge in [-0.1, -0.05) is 26.0 Å². The standard InChI is InChI=1S/C13H13N3OS/c1-8(2)9-3-5-10(6-4-9)15-13-11(7-14)12(17)16-18-13/h3-6,8,15H,1-2H3,(H,16,17). The second-order valence-electron chi connectivity index (χ2n) is 4.22. The molecule has 2 N–H and O–H groups in total. The van der Waals surface area contributed by atoms with Gasteiger partial charge in [-0.05, 0) is 35.1 Å². The van der Waals surface area contributed by atoms with E-state index in [1.54, 1.807) is 0 Å². The predicted octanol–water partition coefficient (Wildman–Crippen LogP) is 3.59. The van der Waals surface area contributed by atoms with Crippen LogP contribution in [-0.4, -0.2) is 9.48 Å². The Hall–Kier alpha value is -2.06. The van der Waals surface area contributed by atoms with Gasteiger partial charge in [0.25, 0.3) is 0 Å². The molecule has 4 nitrogen and oxygen atoms in total. The van der Waals surface area contributed by atoms with Crippen LogP contribution in [0.2, 0.25) is 0 Å². The van der Waals surface area contributed by atoms with Crippen molar-refractivity contribution in [3.05, 3.63) is 35.4 Å². The molecule has 0 saturated carbocycles. The van der Waals surface area contributed by atoms with E-state index in [2.05, 4.69) is 23.5 Å². The molecule has 5 heteroatoms. The second-order valence-corrected chi connectivity index (χ2v) is 5.00. The molecule has 0 spiro atoms. The molecule has 1 heterocycles. The number of aromatic hydroxyl groups is 1. The Morgan fingerprint density at radius 2 is 2.00 bits per heavy atom. The molecule has 0 radical (unpaired) electrons. The van der Waals surface area contributed by atoms with Crippen molar-refractivity contribution >= 4 is 22.2 Å². The number of aromatic nitrogens is 1. The minimum Gasteiger partial charge on any atom is -0.492 e. The average molecular weight is 259 g/mol. The van der Waals surface area contributed by atoms with Crippen LogP contribution in [0.5, 0.6) is 5.88 Å².